The highest BCUT2D eigenvalue weighted by Gasteiger charge is 2.49. The maximum absolute atomic E-state index is 12.9. The second kappa shape index (κ2) is 7.22. The van der Waals surface area contributed by atoms with Crippen LogP contribution in [0.4, 0.5) is 0 Å². The summed E-state index contributed by atoms with van der Waals surface area (Å²) >= 11 is 12.1. The van der Waals surface area contributed by atoms with Crippen molar-refractivity contribution in [1.82, 2.24) is 10.2 Å². The van der Waals surface area contributed by atoms with Crippen LogP contribution in [0.1, 0.15) is 28.8 Å². The first kappa shape index (κ1) is 19.3. The third-order valence-corrected chi connectivity index (χ3v) is 6.28. The standard InChI is InChI=1S/C22H18Cl2N2O4/c23-14-2-1-13(18(24)7-14)9-29-15-3-4-16-17(10-30-19(16)8-15)21(28)26-11-22(12-26)6-5-20(27)25-22/h1-4,7-8,10H,5-6,9,11-12H2,(H,25,27). The fourth-order valence-corrected chi connectivity index (χ4v) is 4.54. The molecule has 3 heterocycles. The molecule has 5 rings (SSSR count). The Morgan fingerprint density at radius 2 is 2.03 bits per heavy atom. The van der Waals surface area contributed by atoms with Crippen LogP contribution in [0.5, 0.6) is 5.75 Å². The first-order valence-electron chi connectivity index (χ1n) is 9.61. The quantitative estimate of drug-likeness (QED) is 0.646. The second-order valence-electron chi connectivity index (χ2n) is 7.82. The number of amides is 2. The van der Waals surface area contributed by atoms with E-state index in [4.69, 9.17) is 32.4 Å². The molecular weight excluding hydrogens is 427 g/mol. The van der Waals surface area contributed by atoms with Gasteiger partial charge < -0.3 is 19.4 Å². The Kier molecular flexibility index (Phi) is 4.64. The number of nitrogens with one attached hydrogen (secondary N) is 1. The lowest BCUT2D eigenvalue weighted by Crippen LogP contribution is -2.68. The van der Waals surface area contributed by atoms with Gasteiger partial charge >= 0.3 is 0 Å². The van der Waals surface area contributed by atoms with Crippen molar-refractivity contribution in [3.63, 3.8) is 0 Å². The van der Waals surface area contributed by atoms with Crippen LogP contribution >= 0.6 is 23.2 Å². The van der Waals surface area contributed by atoms with E-state index in [1.54, 1.807) is 29.2 Å². The summed E-state index contributed by atoms with van der Waals surface area (Å²) in [7, 11) is 0. The molecule has 1 N–H and O–H groups in total. The number of carbonyl (C=O) groups excluding carboxylic acids is 2. The molecule has 2 aliphatic rings. The lowest BCUT2D eigenvalue weighted by atomic mass is 9.87. The van der Waals surface area contributed by atoms with Crippen LogP contribution in [0.15, 0.2) is 47.1 Å². The number of benzene rings is 2. The number of halogens is 2. The molecular formula is C22H18Cl2N2O4. The highest BCUT2D eigenvalue weighted by molar-refractivity contribution is 6.35. The topological polar surface area (TPSA) is 71.8 Å². The summed E-state index contributed by atoms with van der Waals surface area (Å²) in [5.41, 5.74) is 1.66. The molecule has 2 aliphatic heterocycles. The Morgan fingerprint density at radius 1 is 1.20 bits per heavy atom. The van der Waals surface area contributed by atoms with E-state index in [9.17, 15) is 9.59 Å². The largest absolute Gasteiger partial charge is 0.489 e. The van der Waals surface area contributed by atoms with Crippen LogP contribution in [0.2, 0.25) is 10.0 Å². The Hall–Kier alpha value is -2.70. The fourth-order valence-electron chi connectivity index (χ4n) is 4.07. The van der Waals surface area contributed by atoms with Gasteiger partial charge in [0, 0.05) is 46.6 Å². The van der Waals surface area contributed by atoms with Crippen molar-refractivity contribution in [1.29, 1.82) is 0 Å². The molecule has 1 spiro atoms. The van der Waals surface area contributed by atoms with Crippen molar-refractivity contribution in [2.75, 3.05) is 13.1 Å². The minimum atomic E-state index is -0.240. The van der Waals surface area contributed by atoms with E-state index in [0.717, 1.165) is 17.4 Å². The molecule has 154 valence electrons. The number of furan rings is 1. The molecule has 0 atom stereocenters. The molecule has 0 bridgehead atoms. The molecule has 2 saturated heterocycles. The number of ether oxygens (including phenoxy) is 1. The third-order valence-electron chi connectivity index (χ3n) is 5.70. The van der Waals surface area contributed by atoms with Crippen molar-refractivity contribution in [2.24, 2.45) is 0 Å². The molecule has 1 aromatic heterocycles. The first-order valence-corrected chi connectivity index (χ1v) is 10.4. The van der Waals surface area contributed by atoms with Crippen LogP contribution in [-0.2, 0) is 11.4 Å². The zero-order chi connectivity index (χ0) is 20.9. The monoisotopic (exact) mass is 444 g/mol. The number of hydrogen-bond acceptors (Lipinski definition) is 4. The van der Waals surface area contributed by atoms with Crippen LogP contribution < -0.4 is 10.1 Å². The first-order chi connectivity index (χ1) is 14.4. The number of hydrogen-bond donors (Lipinski definition) is 1. The number of fused-ring (bicyclic) bond motifs is 1. The zero-order valence-electron chi connectivity index (χ0n) is 15.9. The molecule has 0 aliphatic carbocycles. The number of likely N-dealkylation sites (tertiary alicyclic amines) is 1. The third kappa shape index (κ3) is 3.40. The summed E-state index contributed by atoms with van der Waals surface area (Å²) in [5.74, 6) is 0.573. The summed E-state index contributed by atoms with van der Waals surface area (Å²) in [4.78, 5) is 26.1. The normalized spacial score (nSPS) is 17.3. The van der Waals surface area contributed by atoms with Gasteiger partial charge in [0.05, 0.1) is 11.1 Å². The zero-order valence-corrected chi connectivity index (χ0v) is 17.4. The summed E-state index contributed by atoms with van der Waals surface area (Å²) in [5, 5.41) is 4.83. The molecule has 30 heavy (non-hydrogen) atoms. The summed E-state index contributed by atoms with van der Waals surface area (Å²) < 4.78 is 11.4. The van der Waals surface area contributed by atoms with Gasteiger partial charge in [-0.3, -0.25) is 9.59 Å². The minimum absolute atomic E-state index is 0.0586. The van der Waals surface area contributed by atoms with E-state index in [2.05, 4.69) is 5.32 Å². The van der Waals surface area contributed by atoms with Gasteiger partial charge in [-0.15, -0.1) is 0 Å². The fraction of sp³-hybridized carbons (Fsp3) is 0.273. The lowest BCUT2D eigenvalue weighted by Gasteiger charge is -2.47. The van der Waals surface area contributed by atoms with E-state index >= 15 is 0 Å². The number of nitrogens with zero attached hydrogens (tertiary/aromatic N) is 1. The Balaban J connectivity index is 1.28. The molecule has 8 heteroatoms. The maximum atomic E-state index is 12.9. The maximum Gasteiger partial charge on any atom is 0.257 e. The second-order valence-corrected chi connectivity index (χ2v) is 8.67. The number of carbonyl (C=O) groups is 2. The molecule has 0 radical (unpaired) electrons. The van der Waals surface area contributed by atoms with Gasteiger partial charge in [0.25, 0.3) is 5.91 Å². The van der Waals surface area contributed by atoms with E-state index in [1.165, 1.54) is 6.26 Å². The average Bonchev–Trinajstić information content (AvgIpc) is 3.29. The van der Waals surface area contributed by atoms with Gasteiger partial charge in [-0.05, 0) is 30.7 Å². The van der Waals surface area contributed by atoms with Crippen molar-refractivity contribution in [3.8, 4) is 5.75 Å². The molecule has 2 aromatic carbocycles. The van der Waals surface area contributed by atoms with E-state index in [-0.39, 0.29) is 24.0 Å². The highest BCUT2D eigenvalue weighted by atomic mass is 35.5. The Labute approximate surface area is 182 Å². The molecule has 0 saturated carbocycles. The van der Waals surface area contributed by atoms with Crippen molar-refractivity contribution < 1.29 is 18.7 Å². The summed E-state index contributed by atoms with van der Waals surface area (Å²) in [6.45, 7) is 1.36. The molecule has 0 unspecified atom stereocenters. The van der Waals surface area contributed by atoms with Gasteiger partial charge in [0.1, 0.15) is 24.2 Å². The van der Waals surface area contributed by atoms with E-state index in [1.807, 2.05) is 12.1 Å². The van der Waals surface area contributed by atoms with Crippen molar-refractivity contribution in [2.45, 2.75) is 25.0 Å². The van der Waals surface area contributed by atoms with Crippen molar-refractivity contribution >= 4 is 46.0 Å². The predicted molar refractivity (Wildman–Crippen MR) is 113 cm³/mol. The smallest absolute Gasteiger partial charge is 0.257 e. The molecule has 2 amide bonds. The van der Waals surface area contributed by atoms with Gasteiger partial charge in [-0.25, -0.2) is 0 Å². The van der Waals surface area contributed by atoms with E-state index in [0.29, 0.717) is 46.5 Å². The van der Waals surface area contributed by atoms with Gasteiger partial charge in [-0.2, -0.15) is 0 Å². The summed E-state index contributed by atoms with van der Waals surface area (Å²) in [6.07, 6.45) is 2.78. The number of rotatable bonds is 4. The van der Waals surface area contributed by atoms with Gasteiger partial charge in [0.15, 0.2) is 0 Å². The van der Waals surface area contributed by atoms with E-state index < -0.39 is 0 Å². The minimum Gasteiger partial charge on any atom is -0.489 e. The molecule has 2 fully saturated rings. The van der Waals surface area contributed by atoms with Crippen molar-refractivity contribution in [3.05, 3.63) is 63.8 Å². The highest BCUT2D eigenvalue weighted by Crippen LogP contribution is 2.34. The lowest BCUT2D eigenvalue weighted by molar-refractivity contribution is -0.120. The molecule has 3 aromatic rings. The average molecular weight is 445 g/mol. The Bertz CT molecular complexity index is 1170. The van der Waals surface area contributed by atoms with Crippen LogP contribution in [0.3, 0.4) is 0 Å². The van der Waals surface area contributed by atoms with Gasteiger partial charge in [0.2, 0.25) is 5.91 Å². The van der Waals surface area contributed by atoms with Crippen LogP contribution in [-0.4, -0.2) is 35.3 Å². The van der Waals surface area contributed by atoms with Gasteiger partial charge in [-0.1, -0.05) is 29.3 Å². The predicted octanol–water partition coefficient (Wildman–Crippen LogP) is 4.42. The SMILES string of the molecule is O=C1CCC2(CN(C(=O)c3coc4cc(OCc5ccc(Cl)cc5Cl)ccc34)C2)N1. The molecule has 6 nitrogen and oxygen atoms in total. The Morgan fingerprint density at radius 3 is 2.77 bits per heavy atom. The summed E-state index contributed by atoms with van der Waals surface area (Å²) in [6, 6.07) is 10.6. The van der Waals surface area contributed by atoms with Crippen LogP contribution in [0, 0.1) is 0 Å². The van der Waals surface area contributed by atoms with Crippen LogP contribution in [0.25, 0.3) is 11.0 Å².